The molecule has 10 nitrogen and oxygen atoms in total. The lowest BCUT2D eigenvalue weighted by molar-refractivity contribution is 0.363. The van der Waals surface area contributed by atoms with Crippen LogP contribution in [0.15, 0.2) is 40.0 Å². The number of hydrogen-bond donors (Lipinski definition) is 0. The summed E-state index contributed by atoms with van der Waals surface area (Å²) in [5, 5.41) is 14.3. The van der Waals surface area contributed by atoms with Crippen molar-refractivity contribution in [2.75, 3.05) is 18.0 Å². The van der Waals surface area contributed by atoms with E-state index in [1.165, 1.54) is 10.9 Å². The second kappa shape index (κ2) is 7.35. The highest BCUT2D eigenvalue weighted by atomic mass is 35.5. The number of rotatable bonds is 4. The Labute approximate surface area is 192 Å². The number of anilines is 1. The molecule has 2 fully saturated rings. The molecule has 164 valence electrons. The standard InChI is InChI=1S/C22H17ClN8O2/c1-11-4-13(6-24)27-20-18(11)22(32)31(10-26-20)9-17-28-21(29-33-17)19-14-7-30(8-15(14)19)16-5-12(23)2-3-25-16/h2-5,10,14-15,19H,7-9H2,1H3/t14-,15+,19-. The van der Waals surface area contributed by atoms with Crippen LogP contribution in [-0.4, -0.2) is 42.7 Å². The smallest absolute Gasteiger partial charge is 0.263 e. The summed E-state index contributed by atoms with van der Waals surface area (Å²) in [6.07, 6.45) is 3.11. The Hall–Kier alpha value is -3.84. The molecular weight excluding hydrogens is 444 g/mol. The molecule has 4 aromatic heterocycles. The summed E-state index contributed by atoms with van der Waals surface area (Å²) in [7, 11) is 0. The highest BCUT2D eigenvalue weighted by Gasteiger charge is 2.58. The van der Waals surface area contributed by atoms with Gasteiger partial charge in [0.1, 0.15) is 30.5 Å². The van der Waals surface area contributed by atoms with Crippen molar-refractivity contribution in [3.05, 3.63) is 69.1 Å². The van der Waals surface area contributed by atoms with Crippen LogP contribution in [-0.2, 0) is 6.54 Å². The molecule has 0 spiro atoms. The minimum absolute atomic E-state index is 0.120. The molecular formula is C22H17ClN8O2. The van der Waals surface area contributed by atoms with Crippen LogP contribution < -0.4 is 10.5 Å². The number of halogens is 1. The van der Waals surface area contributed by atoms with Crippen molar-refractivity contribution in [1.82, 2.24) is 29.7 Å². The first-order valence-corrected chi connectivity index (χ1v) is 10.9. The van der Waals surface area contributed by atoms with Crippen LogP contribution in [0.2, 0.25) is 5.02 Å². The number of aryl methyl sites for hydroxylation is 1. The van der Waals surface area contributed by atoms with Gasteiger partial charge in [0.15, 0.2) is 11.5 Å². The number of nitriles is 1. The van der Waals surface area contributed by atoms with Gasteiger partial charge >= 0.3 is 0 Å². The Kier molecular flexibility index (Phi) is 4.41. The van der Waals surface area contributed by atoms with Gasteiger partial charge in [0.05, 0.1) is 5.39 Å². The predicted octanol–water partition coefficient (Wildman–Crippen LogP) is 2.30. The number of aromatic nitrogens is 6. The van der Waals surface area contributed by atoms with Gasteiger partial charge in [-0.25, -0.2) is 15.0 Å². The maximum atomic E-state index is 13.0. The van der Waals surface area contributed by atoms with Gasteiger partial charge in [-0.1, -0.05) is 16.8 Å². The van der Waals surface area contributed by atoms with E-state index in [0.717, 1.165) is 18.9 Å². The lowest BCUT2D eigenvalue weighted by Crippen LogP contribution is -2.24. The van der Waals surface area contributed by atoms with Crippen LogP contribution in [0, 0.1) is 30.1 Å². The van der Waals surface area contributed by atoms with Crippen LogP contribution in [0.4, 0.5) is 5.82 Å². The van der Waals surface area contributed by atoms with E-state index in [2.05, 4.69) is 30.0 Å². The lowest BCUT2D eigenvalue weighted by atomic mass is 10.2. The van der Waals surface area contributed by atoms with E-state index in [1.54, 1.807) is 25.3 Å². The molecule has 0 aromatic carbocycles. The zero-order valence-corrected chi connectivity index (χ0v) is 18.3. The molecule has 0 amide bonds. The first-order chi connectivity index (χ1) is 16.0. The highest BCUT2D eigenvalue weighted by molar-refractivity contribution is 6.30. The molecule has 0 radical (unpaired) electrons. The van der Waals surface area contributed by atoms with Gasteiger partial charge in [-0.05, 0) is 42.5 Å². The Bertz CT molecular complexity index is 1490. The molecule has 3 atom stereocenters. The van der Waals surface area contributed by atoms with Crippen LogP contribution in [0.1, 0.15) is 28.9 Å². The van der Waals surface area contributed by atoms with Crippen molar-refractivity contribution in [2.24, 2.45) is 11.8 Å². The van der Waals surface area contributed by atoms with E-state index in [9.17, 15) is 4.79 Å². The summed E-state index contributed by atoms with van der Waals surface area (Å²) in [6, 6.07) is 7.20. The van der Waals surface area contributed by atoms with Gasteiger partial charge in [0.2, 0.25) is 5.89 Å². The average molecular weight is 461 g/mol. The van der Waals surface area contributed by atoms with E-state index in [-0.39, 0.29) is 29.4 Å². The van der Waals surface area contributed by atoms with Crippen molar-refractivity contribution in [2.45, 2.75) is 19.4 Å². The second-order valence-corrected chi connectivity index (χ2v) is 8.89. The van der Waals surface area contributed by atoms with E-state index >= 15 is 0 Å². The van der Waals surface area contributed by atoms with Gasteiger partial charge in [0, 0.05) is 30.2 Å². The zero-order chi connectivity index (χ0) is 22.7. The number of pyridine rings is 2. The van der Waals surface area contributed by atoms with Crippen LogP contribution in [0.3, 0.4) is 0 Å². The Morgan fingerprint density at radius 2 is 2.06 bits per heavy atom. The summed E-state index contributed by atoms with van der Waals surface area (Å²) in [4.78, 5) is 32.5. The topological polar surface area (TPSA) is 127 Å². The fourth-order valence-electron chi connectivity index (χ4n) is 4.78. The van der Waals surface area contributed by atoms with E-state index in [1.807, 2.05) is 12.1 Å². The summed E-state index contributed by atoms with van der Waals surface area (Å²) >= 11 is 6.09. The van der Waals surface area contributed by atoms with Crippen LogP contribution in [0.5, 0.6) is 0 Å². The molecule has 1 aliphatic heterocycles. The van der Waals surface area contributed by atoms with Gasteiger partial charge in [-0.15, -0.1) is 0 Å². The van der Waals surface area contributed by atoms with Crippen LogP contribution in [0.25, 0.3) is 11.0 Å². The maximum absolute atomic E-state index is 13.0. The number of hydrogen-bond acceptors (Lipinski definition) is 9. The highest BCUT2D eigenvalue weighted by Crippen LogP contribution is 2.57. The fraction of sp³-hybridized carbons (Fsp3) is 0.318. The largest absolute Gasteiger partial charge is 0.356 e. The minimum Gasteiger partial charge on any atom is -0.356 e. The monoisotopic (exact) mass is 460 g/mol. The fourth-order valence-corrected chi connectivity index (χ4v) is 4.93. The molecule has 1 aliphatic carbocycles. The SMILES string of the molecule is Cc1cc(C#N)nc2ncn(Cc3nc([C@@H]4[C@@H]5CN(c6cc(Cl)ccn6)C[C@@H]54)no3)c(=O)c12. The van der Waals surface area contributed by atoms with Crippen molar-refractivity contribution < 1.29 is 4.52 Å². The third-order valence-corrected chi connectivity index (χ3v) is 6.65. The third-order valence-electron chi connectivity index (χ3n) is 6.42. The molecule has 5 heterocycles. The molecule has 33 heavy (non-hydrogen) atoms. The first kappa shape index (κ1) is 19.8. The Balaban J connectivity index is 1.18. The first-order valence-electron chi connectivity index (χ1n) is 10.5. The van der Waals surface area contributed by atoms with Gasteiger partial charge in [-0.3, -0.25) is 9.36 Å². The number of fused-ring (bicyclic) bond motifs is 2. The molecule has 0 unspecified atom stereocenters. The summed E-state index contributed by atoms with van der Waals surface area (Å²) in [6.45, 7) is 3.63. The third kappa shape index (κ3) is 3.32. The van der Waals surface area contributed by atoms with Crippen molar-refractivity contribution in [3.63, 3.8) is 0 Å². The minimum atomic E-state index is -0.262. The van der Waals surface area contributed by atoms with E-state index in [0.29, 0.717) is 39.5 Å². The number of nitrogens with zero attached hydrogens (tertiary/aromatic N) is 8. The summed E-state index contributed by atoms with van der Waals surface area (Å²) in [5.41, 5.74) is 0.871. The maximum Gasteiger partial charge on any atom is 0.263 e. The molecule has 1 saturated heterocycles. The molecule has 0 bridgehead atoms. The normalized spacial score (nSPS) is 21.2. The van der Waals surface area contributed by atoms with Crippen molar-refractivity contribution in [3.8, 4) is 6.07 Å². The molecule has 11 heteroatoms. The van der Waals surface area contributed by atoms with Crippen molar-refractivity contribution >= 4 is 28.5 Å². The Morgan fingerprint density at radius 3 is 2.82 bits per heavy atom. The predicted molar refractivity (Wildman–Crippen MR) is 118 cm³/mol. The average Bonchev–Trinajstić information content (AvgIpc) is 3.14. The van der Waals surface area contributed by atoms with E-state index in [4.69, 9.17) is 21.4 Å². The molecule has 0 N–H and O–H groups in total. The number of piperidine rings is 1. The van der Waals surface area contributed by atoms with Gasteiger partial charge in [-0.2, -0.15) is 10.2 Å². The van der Waals surface area contributed by atoms with Crippen LogP contribution >= 0.6 is 11.6 Å². The Morgan fingerprint density at radius 1 is 1.24 bits per heavy atom. The molecule has 1 saturated carbocycles. The lowest BCUT2D eigenvalue weighted by Gasteiger charge is -2.20. The van der Waals surface area contributed by atoms with E-state index < -0.39 is 0 Å². The van der Waals surface area contributed by atoms with Crippen molar-refractivity contribution in [1.29, 1.82) is 5.26 Å². The molecule has 2 aliphatic rings. The molecule has 6 rings (SSSR count). The van der Waals surface area contributed by atoms with Gasteiger partial charge < -0.3 is 9.42 Å². The molecule has 4 aromatic rings. The summed E-state index contributed by atoms with van der Waals surface area (Å²) < 4.78 is 6.86. The quantitative estimate of drug-likeness (QED) is 0.450. The zero-order valence-electron chi connectivity index (χ0n) is 17.5. The van der Waals surface area contributed by atoms with Gasteiger partial charge in [0.25, 0.3) is 5.56 Å². The second-order valence-electron chi connectivity index (χ2n) is 8.45. The summed E-state index contributed by atoms with van der Waals surface area (Å²) in [5.74, 6) is 3.06.